The Morgan fingerprint density at radius 1 is 0.957 bits per heavy atom. The number of rotatable bonds is 4. The number of hydrogen-bond donors (Lipinski definition) is 0. The zero-order chi connectivity index (χ0) is 16.7. The van der Waals surface area contributed by atoms with Crippen LogP contribution in [0.25, 0.3) is 0 Å². The molecule has 2 aliphatic rings. The molecule has 2 saturated carbocycles. The predicted molar refractivity (Wildman–Crippen MR) is 93.1 cm³/mol. The van der Waals surface area contributed by atoms with Crippen molar-refractivity contribution < 1.29 is 9.59 Å². The molecule has 2 unspecified atom stereocenters. The second-order valence-corrected chi connectivity index (χ2v) is 8.45. The average Bonchev–Trinajstić information content (AvgIpc) is 3.18. The summed E-state index contributed by atoms with van der Waals surface area (Å²) in [6, 6.07) is 4.61. The van der Waals surface area contributed by atoms with E-state index in [4.69, 9.17) is 0 Å². The summed E-state index contributed by atoms with van der Waals surface area (Å²) in [7, 11) is 6.26. The highest BCUT2D eigenvalue weighted by molar-refractivity contribution is 7.15. The summed E-state index contributed by atoms with van der Waals surface area (Å²) in [6.07, 6.45) is 4.79. The zero-order valence-corrected chi connectivity index (χ0v) is 15.2. The van der Waals surface area contributed by atoms with Crippen LogP contribution in [0.15, 0.2) is 12.1 Å². The molecule has 1 aromatic rings. The minimum atomic E-state index is 0.0295. The minimum absolute atomic E-state index is 0.0295. The molecule has 2 aliphatic carbocycles. The normalized spacial score (nSPS) is 29.8. The summed E-state index contributed by atoms with van der Waals surface area (Å²) < 4.78 is 0. The Balaban J connectivity index is 1.62. The number of amides is 1. The fourth-order valence-electron chi connectivity index (χ4n) is 4.27. The Labute approximate surface area is 142 Å². The van der Waals surface area contributed by atoms with Crippen LogP contribution in [-0.4, -0.2) is 54.7 Å². The van der Waals surface area contributed by atoms with Crippen molar-refractivity contribution in [3.8, 4) is 0 Å². The molecule has 1 amide bonds. The van der Waals surface area contributed by atoms with Crippen LogP contribution in [0.2, 0.25) is 0 Å². The third-order valence-corrected chi connectivity index (χ3v) is 6.90. The van der Waals surface area contributed by atoms with E-state index in [2.05, 4.69) is 19.0 Å². The number of thiophene rings is 1. The number of hydrogen-bond acceptors (Lipinski definition) is 4. The molecule has 0 radical (unpaired) electrons. The number of fused-ring (bicyclic) bond motifs is 1. The molecular formula is C18H26N2O2S. The number of ketones is 1. The fraction of sp³-hybridized carbons (Fsp3) is 0.667. The first-order chi connectivity index (χ1) is 10.9. The third kappa shape index (κ3) is 3.22. The van der Waals surface area contributed by atoms with Crippen LogP contribution < -0.4 is 0 Å². The van der Waals surface area contributed by atoms with Gasteiger partial charge >= 0.3 is 0 Å². The predicted octanol–water partition coefficient (Wildman–Crippen LogP) is 3.14. The summed E-state index contributed by atoms with van der Waals surface area (Å²) in [4.78, 5) is 29.7. The van der Waals surface area contributed by atoms with E-state index in [9.17, 15) is 9.59 Å². The van der Waals surface area contributed by atoms with Crippen LogP contribution in [0.5, 0.6) is 0 Å². The molecular weight excluding hydrogens is 308 g/mol. The standard InChI is InChI=1S/C18H26N2O2S/c1-11(21)16-5-6-17(23-16)18(22)20(4)15-9-12-7-14(19(2)3)8-13(12)10-15/h5-6,12-15H,7-10H2,1-4H3/t12-,13+,14?,15?. The Morgan fingerprint density at radius 3 is 1.96 bits per heavy atom. The summed E-state index contributed by atoms with van der Waals surface area (Å²) >= 11 is 1.31. The first-order valence-corrected chi connectivity index (χ1v) is 9.22. The van der Waals surface area contributed by atoms with Crippen molar-refractivity contribution in [1.82, 2.24) is 9.80 Å². The summed E-state index contributed by atoms with van der Waals surface area (Å²) in [5.41, 5.74) is 0. The number of carbonyl (C=O) groups is 2. The van der Waals surface area contributed by atoms with Crippen molar-refractivity contribution in [3.05, 3.63) is 21.9 Å². The number of carbonyl (C=O) groups excluding carboxylic acids is 2. The van der Waals surface area contributed by atoms with Gasteiger partial charge in [0.15, 0.2) is 5.78 Å². The van der Waals surface area contributed by atoms with Crippen molar-refractivity contribution in [2.45, 2.75) is 44.7 Å². The molecule has 0 aromatic carbocycles. The Bertz CT molecular complexity index is 596. The van der Waals surface area contributed by atoms with Crippen molar-refractivity contribution in [3.63, 3.8) is 0 Å². The minimum Gasteiger partial charge on any atom is -0.338 e. The zero-order valence-electron chi connectivity index (χ0n) is 14.4. The van der Waals surface area contributed by atoms with E-state index < -0.39 is 0 Å². The summed E-state index contributed by atoms with van der Waals surface area (Å²) in [6.45, 7) is 1.54. The van der Waals surface area contributed by atoms with E-state index in [1.165, 1.54) is 24.2 Å². The maximum Gasteiger partial charge on any atom is 0.263 e. The maximum atomic E-state index is 12.7. The van der Waals surface area contributed by atoms with Crippen molar-refractivity contribution in [2.24, 2.45) is 11.8 Å². The Morgan fingerprint density at radius 2 is 1.48 bits per heavy atom. The largest absolute Gasteiger partial charge is 0.338 e. The monoisotopic (exact) mass is 334 g/mol. The molecule has 0 bridgehead atoms. The van der Waals surface area contributed by atoms with Crippen molar-refractivity contribution in [2.75, 3.05) is 21.1 Å². The van der Waals surface area contributed by atoms with Crippen LogP contribution in [-0.2, 0) is 0 Å². The maximum absolute atomic E-state index is 12.7. The van der Waals surface area contributed by atoms with Crippen LogP contribution >= 0.6 is 11.3 Å². The van der Waals surface area contributed by atoms with Gasteiger partial charge in [-0.3, -0.25) is 9.59 Å². The van der Waals surface area contributed by atoms with Gasteiger partial charge < -0.3 is 9.80 Å². The second kappa shape index (κ2) is 6.36. The van der Waals surface area contributed by atoms with E-state index in [0.29, 0.717) is 21.8 Å². The van der Waals surface area contributed by atoms with Crippen LogP contribution in [0.3, 0.4) is 0 Å². The molecule has 0 aliphatic heterocycles. The van der Waals surface area contributed by atoms with E-state index in [-0.39, 0.29) is 11.7 Å². The van der Waals surface area contributed by atoms with Gasteiger partial charge in [-0.1, -0.05) is 0 Å². The first-order valence-electron chi connectivity index (χ1n) is 8.41. The molecule has 0 N–H and O–H groups in total. The molecule has 3 rings (SSSR count). The van der Waals surface area contributed by atoms with E-state index in [1.54, 1.807) is 19.1 Å². The number of nitrogens with zero attached hydrogens (tertiary/aromatic N) is 2. The third-order valence-electron chi connectivity index (χ3n) is 5.73. The van der Waals surface area contributed by atoms with Gasteiger partial charge in [0, 0.05) is 19.1 Å². The summed E-state index contributed by atoms with van der Waals surface area (Å²) in [5.74, 6) is 1.62. The quantitative estimate of drug-likeness (QED) is 0.794. The van der Waals surface area contributed by atoms with Gasteiger partial charge in [-0.2, -0.15) is 0 Å². The van der Waals surface area contributed by atoms with Crippen molar-refractivity contribution >= 4 is 23.0 Å². The van der Waals surface area contributed by atoms with Gasteiger partial charge in [0.1, 0.15) is 0 Å². The molecule has 1 heterocycles. The molecule has 4 nitrogen and oxygen atoms in total. The molecule has 126 valence electrons. The molecule has 0 saturated heterocycles. The van der Waals surface area contributed by atoms with Gasteiger partial charge in [-0.05, 0) is 70.7 Å². The fourth-order valence-corrected chi connectivity index (χ4v) is 5.16. The highest BCUT2D eigenvalue weighted by atomic mass is 32.1. The highest BCUT2D eigenvalue weighted by Gasteiger charge is 2.44. The van der Waals surface area contributed by atoms with Crippen LogP contribution in [0.1, 0.15) is 52.0 Å². The topological polar surface area (TPSA) is 40.6 Å². The lowest BCUT2D eigenvalue weighted by Gasteiger charge is -2.26. The average molecular weight is 334 g/mol. The molecule has 0 spiro atoms. The highest BCUT2D eigenvalue weighted by Crippen LogP contribution is 2.46. The van der Waals surface area contributed by atoms with E-state index >= 15 is 0 Å². The second-order valence-electron chi connectivity index (χ2n) is 7.37. The lowest BCUT2D eigenvalue weighted by atomic mass is 10.0. The van der Waals surface area contributed by atoms with Gasteiger partial charge in [-0.25, -0.2) is 0 Å². The van der Waals surface area contributed by atoms with Gasteiger partial charge in [-0.15, -0.1) is 11.3 Å². The van der Waals surface area contributed by atoms with Crippen molar-refractivity contribution in [1.29, 1.82) is 0 Å². The SMILES string of the molecule is CC(=O)c1ccc(C(=O)N(C)C2C[C@H]3CC(N(C)C)C[C@H]3C2)s1. The van der Waals surface area contributed by atoms with Gasteiger partial charge in [0.2, 0.25) is 0 Å². The smallest absolute Gasteiger partial charge is 0.263 e. The first kappa shape index (κ1) is 16.7. The lowest BCUT2D eigenvalue weighted by molar-refractivity contribution is 0.0731. The molecule has 5 heteroatoms. The summed E-state index contributed by atoms with van der Waals surface area (Å²) in [5, 5.41) is 0. The number of Topliss-reactive ketones (excluding diaryl/α,β-unsaturated/α-hetero) is 1. The van der Waals surface area contributed by atoms with Crippen LogP contribution in [0, 0.1) is 11.8 Å². The van der Waals surface area contributed by atoms with Gasteiger partial charge in [0.05, 0.1) is 9.75 Å². The van der Waals surface area contributed by atoms with Gasteiger partial charge in [0.25, 0.3) is 5.91 Å². The Hall–Kier alpha value is -1.20. The molecule has 2 fully saturated rings. The van der Waals surface area contributed by atoms with E-state index in [0.717, 1.165) is 24.7 Å². The molecule has 1 aromatic heterocycles. The van der Waals surface area contributed by atoms with Crippen LogP contribution in [0.4, 0.5) is 0 Å². The Kier molecular flexibility index (Phi) is 4.61. The molecule has 4 atom stereocenters. The molecule has 23 heavy (non-hydrogen) atoms. The lowest BCUT2D eigenvalue weighted by Crippen LogP contribution is -2.36. The van der Waals surface area contributed by atoms with E-state index in [1.807, 2.05) is 11.9 Å².